The summed E-state index contributed by atoms with van der Waals surface area (Å²) in [5, 5.41) is 6.35. The van der Waals surface area contributed by atoms with Gasteiger partial charge < -0.3 is 5.73 Å². The lowest BCUT2D eigenvalue weighted by molar-refractivity contribution is 0.306. The number of aromatic nitrogens is 2. The zero-order valence-corrected chi connectivity index (χ0v) is 11.8. The second-order valence-corrected chi connectivity index (χ2v) is 6.58. The lowest BCUT2D eigenvalue weighted by Gasteiger charge is -2.33. The van der Waals surface area contributed by atoms with E-state index in [4.69, 9.17) is 5.73 Å². The fourth-order valence-corrected chi connectivity index (χ4v) is 4.26. The molecule has 1 aliphatic carbocycles. The average molecular weight is 253 g/mol. The first-order valence-electron chi connectivity index (χ1n) is 6.47. The largest absolute Gasteiger partial charge is 0.330 e. The predicted molar refractivity (Wildman–Crippen MR) is 73.1 cm³/mol. The first-order valence-corrected chi connectivity index (χ1v) is 7.35. The van der Waals surface area contributed by atoms with E-state index in [-0.39, 0.29) is 0 Å². The van der Waals surface area contributed by atoms with Crippen LogP contribution in [-0.4, -0.2) is 21.6 Å². The molecule has 1 heterocycles. The number of nitrogens with two attached hydrogens (primary N) is 1. The van der Waals surface area contributed by atoms with Crippen molar-refractivity contribution in [3.8, 4) is 0 Å². The highest BCUT2D eigenvalue weighted by Gasteiger charge is 2.29. The molecule has 2 N–H and O–H groups in total. The van der Waals surface area contributed by atoms with Crippen LogP contribution < -0.4 is 5.73 Å². The SMILES string of the molecule is Cc1cc(SC2CC(C)CCC2CN)n(C)n1. The first kappa shape index (κ1) is 13.0. The van der Waals surface area contributed by atoms with Gasteiger partial charge in [-0.3, -0.25) is 4.68 Å². The third kappa shape index (κ3) is 3.05. The minimum absolute atomic E-state index is 0.665. The van der Waals surface area contributed by atoms with Crippen LogP contribution in [0.5, 0.6) is 0 Å². The quantitative estimate of drug-likeness (QED) is 0.900. The first-order chi connectivity index (χ1) is 8.10. The van der Waals surface area contributed by atoms with E-state index in [0.717, 1.165) is 18.2 Å². The van der Waals surface area contributed by atoms with Gasteiger partial charge in [-0.25, -0.2) is 0 Å². The van der Waals surface area contributed by atoms with Crippen LogP contribution in [0.2, 0.25) is 0 Å². The van der Waals surface area contributed by atoms with E-state index < -0.39 is 0 Å². The molecule has 0 radical (unpaired) electrons. The molecule has 0 saturated heterocycles. The minimum Gasteiger partial charge on any atom is -0.330 e. The Labute approximate surface area is 108 Å². The maximum Gasteiger partial charge on any atom is 0.0942 e. The van der Waals surface area contributed by atoms with Gasteiger partial charge in [0, 0.05) is 12.3 Å². The van der Waals surface area contributed by atoms with Gasteiger partial charge in [0.2, 0.25) is 0 Å². The van der Waals surface area contributed by atoms with E-state index >= 15 is 0 Å². The van der Waals surface area contributed by atoms with Crippen LogP contribution in [0.15, 0.2) is 11.1 Å². The Morgan fingerprint density at radius 2 is 2.29 bits per heavy atom. The third-order valence-corrected chi connectivity index (χ3v) is 5.23. The van der Waals surface area contributed by atoms with Crippen LogP contribution in [0, 0.1) is 18.8 Å². The van der Waals surface area contributed by atoms with Crippen molar-refractivity contribution in [2.45, 2.75) is 43.4 Å². The number of rotatable bonds is 3. The molecule has 0 aromatic carbocycles. The van der Waals surface area contributed by atoms with Crippen molar-refractivity contribution in [3.05, 3.63) is 11.8 Å². The van der Waals surface area contributed by atoms with E-state index in [0.29, 0.717) is 11.2 Å². The Morgan fingerprint density at radius 3 is 2.88 bits per heavy atom. The van der Waals surface area contributed by atoms with Crippen LogP contribution >= 0.6 is 11.8 Å². The molecule has 1 aromatic heterocycles. The van der Waals surface area contributed by atoms with Crippen molar-refractivity contribution in [1.82, 2.24) is 9.78 Å². The Bertz CT molecular complexity index is 375. The summed E-state index contributed by atoms with van der Waals surface area (Å²) in [5.41, 5.74) is 7.00. The molecule has 1 saturated carbocycles. The van der Waals surface area contributed by atoms with E-state index in [1.165, 1.54) is 24.3 Å². The Hall–Kier alpha value is -0.480. The number of thioether (sulfide) groups is 1. The summed E-state index contributed by atoms with van der Waals surface area (Å²) in [6.07, 6.45) is 3.91. The van der Waals surface area contributed by atoms with Gasteiger partial charge in [0.15, 0.2) is 0 Å². The maximum absolute atomic E-state index is 5.90. The summed E-state index contributed by atoms with van der Waals surface area (Å²) in [6.45, 7) is 5.23. The average Bonchev–Trinajstić information content (AvgIpc) is 2.58. The number of hydrogen-bond donors (Lipinski definition) is 1. The fraction of sp³-hybridized carbons (Fsp3) is 0.769. The molecule has 1 aromatic rings. The Kier molecular flexibility index (Phi) is 4.15. The normalized spacial score (nSPS) is 29.5. The second kappa shape index (κ2) is 5.44. The van der Waals surface area contributed by atoms with Gasteiger partial charge in [-0.05, 0) is 44.2 Å². The van der Waals surface area contributed by atoms with Crippen LogP contribution in [0.4, 0.5) is 0 Å². The second-order valence-electron chi connectivity index (χ2n) is 5.32. The molecule has 3 unspecified atom stereocenters. The van der Waals surface area contributed by atoms with Crippen molar-refractivity contribution in [3.63, 3.8) is 0 Å². The summed E-state index contributed by atoms with van der Waals surface area (Å²) < 4.78 is 1.99. The molecular formula is C13H23N3S. The van der Waals surface area contributed by atoms with Gasteiger partial charge in [0.1, 0.15) is 0 Å². The van der Waals surface area contributed by atoms with Crippen LogP contribution in [0.25, 0.3) is 0 Å². The molecule has 4 heteroatoms. The van der Waals surface area contributed by atoms with E-state index in [2.05, 4.69) is 18.1 Å². The molecule has 0 aliphatic heterocycles. The summed E-state index contributed by atoms with van der Waals surface area (Å²) in [4.78, 5) is 0. The summed E-state index contributed by atoms with van der Waals surface area (Å²) in [7, 11) is 2.03. The highest BCUT2D eigenvalue weighted by Crippen LogP contribution is 2.39. The number of nitrogens with zero attached hydrogens (tertiary/aromatic N) is 2. The molecule has 17 heavy (non-hydrogen) atoms. The van der Waals surface area contributed by atoms with Gasteiger partial charge in [0.05, 0.1) is 10.7 Å². The number of hydrogen-bond acceptors (Lipinski definition) is 3. The predicted octanol–water partition coefficient (Wildman–Crippen LogP) is 2.58. The molecule has 2 rings (SSSR count). The number of aryl methyl sites for hydroxylation is 2. The van der Waals surface area contributed by atoms with E-state index in [1.54, 1.807) is 0 Å². The molecule has 0 amide bonds. The van der Waals surface area contributed by atoms with Crippen molar-refractivity contribution >= 4 is 11.8 Å². The molecule has 1 fully saturated rings. The molecule has 3 nitrogen and oxygen atoms in total. The minimum atomic E-state index is 0.665. The highest BCUT2D eigenvalue weighted by atomic mass is 32.2. The Morgan fingerprint density at radius 1 is 1.53 bits per heavy atom. The van der Waals surface area contributed by atoms with Crippen molar-refractivity contribution in [1.29, 1.82) is 0 Å². The van der Waals surface area contributed by atoms with Crippen LogP contribution in [0.3, 0.4) is 0 Å². The van der Waals surface area contributed by atoms with Gasteiger partial charge in [-0.2, -0.15) is 5.10 Å². The molecule has 3 atom stereocenters. The highest BCUT2D eigenvalue weighted by molar-refractivity contribution is 7.99. The zero-order valence-electron chi connectivity index (χ0n) is 11.0. The smallest absolute Gasteiger partial charge is 0.0942 e. The van der Waals surface area contributed by atoms with Crippen molar-refractivity contribution in [2.24, 2.45) is 24.6 Å². The molecule has 96 valence electrons. The monoisotopic (exact) mass is 253 g/mol. The molecule has 0 bridgehead atoms. The third-order valence-electron chi connectivity index (χ3n) is 3.72. The van der Waals surface area contributed by atoms with Crippen molar-refractivity contribution in [2.75, 3.05) is 6.54 Å². The lowest BCUT2D eigenvalue weighted by atomic mass is 9.82. The summed E-state index contributed by atoms with van der Waals surface area (Å²) in [5.74, 6) is 1.51. The molecular weight excluding hydrogens is 230 g/mol. The van der Waals surface area contributed by atoms with Crippen LogP contribution in [-0.2, 0) is 7.05 Å². The van der Waals surface area contributed by atoms with E-state index in [1.807, 2.05) is 30.4 Å². The summed E-state index contributed by atoms with van der Waals surface area (Å²) in [6, 6.07) is 2.18. The van der Waals surface area contributed by atoms with Crippen LogP contribution in [0.1, 0.15) is 31.9 Å². The fourth-order valence-electron chi connectivity index (χ4n) is 2.66. The lowest BCUT2D eigenvalue weighted by Crippen LogP contribution is -2.31. The Balaban J connectivity index is 2.07. The maximum atomic E-state index is 5.90. The van der Waals surface area contributed by atoms with Crippen molar-refractivity contribution < 1.29 is 0 Å². The van der Waals surface area contributed by atoms with Gasteiger partial charge in [-0.1, -0.05) is 13.3 Å². The van der Waals surface area contributed by atoms with Gasteiger partial charge in [-0.15, -0.1) is 11.8 Å². The van der Waals surface area contributed by atoms with Gasteiger partial charge >= 0.3 is 0 Å². The standard InChI is InChI=1S/C13H23N3S/c1-9-4-5-11(8-14)12(6-9)17-13-7-10(2)15-16(13)3/h7,9,11-12H,4-6,8,14H2,1-3H3. The topological polar surface area (TPSA) is 43.8 Å². The zero-order chi connectivity index (χ0) is 12.4. The molecule has 1 aliphatic rings. The summed E-state index contributed by atoms with van der Waals surface area (Å²) >= 11 is 1.97. The van der Waals surface area contributed by atoms with Gasteiger partial charge in [0.25, 0.3) is 0 Å². The van der Waals surface area contributed by atoms with E-state index in [9.17, 15) is 0 Å². The molecule has 0 spiro atoms.